The first-order chi connectivity index (χ1) is 9.11. The van der Waals surface area contributed by atoms with Crippen LogP contribution in [0.3, 0.4) is 0 Å². The van der Waals surface area contributed by atoms with Crippen LogP contribution in [-0.4, -0.2) is 32.0 Å². The lowest BCUT2D eigenvalue weighted by atomic mass is 10.1. The second-order valence-corrected chi connectivity index (χ2v) is 6.20. The van der Waals surface area contributed by atoms with Gasteiger partial charge in [-0.05, 0) is 24.1 Å². The summed E-state index contributed by atoms with van der Waals surface area (Å²) < 4.78 is 61.9. The van der Waals surface area contributed by atoms with Gasteiger partial charge >= 0.3 is 6.18 Å². The van der Waals surface area contributed by atoms with Crippen molar-refractivity contribution in [2.75, 3.05) is 18.8 Å². The molecule has 0 radical (unpaired) electrons. The van der Waals surface area contributed by atoms with Crippen LogP contribution in [0.4, 0.5) is 18.9 Å². The van der Waals surface area contributed by atoms with Crippen LogP contribution in [0.15, 0.2) is 23.1 Å². The molecule has 2 N–H and O–H groups in total. The van der Waals surface area contributed by atoms with E-state index in [-0.39, 0.29) is 17.1 Å². The number of nitrogen functional groups attached to an aromatic ring is 1. The molecule has 20 heavy (non-hydrogen) atoms. The number of nitrogens with zero attached hydrogens (tertiary/aromatic N) is 1. The molecule has 0 aliphatic heterocycles. The van der Waals surface area contributed by atoms with Gasteiger partial charge in [-0.3, -0.25) is 0 Å². The third-order valence-corrected chi connectivity index (χ3v) is 4.76. The van der Waals surface area contributed by atoms with Gasteiger partial charge in [0.15, 0.2) is 0 Å². The van der Waals surface area contributed by atoms with Gasteiger partial charge in [0.2, 0.25) is 10.0 Å². The minimum Gasteiger partial charge on any atom is -0.398 e. The average Bonchev–Trinajstić information content (AvgIpc) is 2.34. The van der Waals surface area contributed by atoms with E-state index in [0.29, 0.717) is 10.7 Å². The first-order valence-corrected chi connectivity index (χ1v) is 7.51. The molecule has 0 atom stereocenters. The fraction of sp³-hybridized carbons (Fsp3) is 0.500. The Labute approximate surface area is 116 Å². The van der Waals surface area contributed by atoms with E-state index in [1.54, 1.807) is 0 Å². The van der Waals surface area contributed by atoms with Gasteiger partial charge in [0, 0.05) is 12.2 Å². The molecule has 0 heterocycles. The molecule has 0 saturated carbocycles. The van der Waals surface area contributed by atoms with Crippen molar-refractivity contribution in [3.8, 4) is 0 Å². The standard InChI is InChI=1S/C12H17F3N2O2S/c1-3-9-5-6-10(7-11(9)16)20(18,19)17(4-2)8-12(13,14)15/h5-7H,3-4,8,16H2,1-2H3. The predicted octanol–water partition coefficient (Wildman–Crippen LogP) is 2.40. The van der Waals surface area contributed by atoms with Gasteiger partial charge in [-0.25, -0.2) is 8.42 Å². The zero-order chi connectivity index (χ0) is 15.6. The van der Waals surface area contributed by atoms with E-state index in [0.717, 1.165) is 5.56 Å². The van der Waals surface area contributed by atoms with Gasteiger partial charge in [-0.1, -0.05) is 19.9 Å². The van der Waals surface area contributed by atoms with Crippen LogP contribution in [-0.2, 0) is 16.4 Å². The maximum atomic E-state index is 12.4. The highest BCUT2D eigenvalue weighted by Gasteiger charge is 2.36. The molecule has 0 aliphatic carbocycles. The number of sulfonamides is 1. The van der Waals surface area contributed by atoms with Crippen LogP contribution < -0.4 is 5.73 Å². The molecule has 0 aromatic heterocycles. The summed E-state index contributed by atoms with van der Waals surface area (Å²) in [7, 11) is -4.20. The fourth-order valence-electron chi connectivity index (χ4n) is 1.77. The molecule has 0 bridgehead atoms. The Morgan fingerprint density at radius 1 is 1.25 bits per heavy atom. The summed E-state index contributed by atoms with van der Waals surface area (Å²) >= 11 is 0. The number of anilines is 1. The van der Waals surface area contributed by atoms with E-state index in [1.165, 1.54) is 25.1 Å². The number of hydrogen-bond donors (Lipinski definition) is 1. The van der Waals surface area contributed by atoms with Crippen molar-refractivity contribution in [2.24, 2.45) is 0 Å². The molecule has 8 heteroatoms. The lowest BCUT2D eigenvalue weighted by molar-refractivity contribution is -0.135. The van der Waals surface area contributed by atoms with Gasteiger partial charge < -0.3 is 5.73 Å². The molecule has 114 valence electrons. The monoisotopic (exact) mass is 310 g/mol. The van der Waals surface area contributed by atoms with Gasteiger partial charge in [-0.2, -0.15) is 17.5 Å². The number of nitrogens with two attached hydrogens (primary N) is 1. The molecule has 0 amide bonds. The summed E-state index contributed by atoms with van der Waals surface area (Å²) in [5, 5.41) is 0. The Bertz CT molecular complexity index is 571. The van der Waals surface area contributed by atoms with E-state index in [4.69, 9.17) is 5.73 Å². The average molecular weight is 310 g/mol. The third kappa shape index (κ3) is 3.86. The second-order valence-electron chi connectivity index (χ2n) is 4.26. The highest BCUT2D eigenvalue weighted by atomic mass is 32.2. The van der Waals surface area contributed by atoms with Crippen LogP contribution >= 0.6 is 0 Å². The largest absolute Gasteiger partial charge is 0.402 e. The summed E-state index contributed by atoms with van der Waals surface area (Å²) in [5.74, 6) is 0. The number of hydrogen-bond acceptors (Lipinski definition) is 3. The molecule has 0 saturated heterocycles. The lowest BCUT2D eigenvalue weighted by Crippen LogP contribution is -2.38. The highest BCUT2D eigenvalue weighted by Crippen LogP contribution is 2.25. The molecule has 0 unspecified atom stereocenters. The molecule has 1 rings (SSSR count). The molecule has 0 aliphatic rings. The maximum Gasteiger partial charge on any atom is 0.402 e. The molecule has 0 spiro atoms. The van der Waals surface area contributed by atoms with E-state index >= 15 is 0 Å². The predicted molar refractivity (Wildman–Crippen MR) is 70.7 cm³/mol. The summed E-state index contributed by atoms with van der Waals surface area (Å²) in [6.45, 7) is 1.42. The quantitative estimate of drug-likeness (QED) is 0.849. The molecular weight excluding hydrogens is 293 g/mol. The molecule has 4 nitrogen and oxygen atoms in total. The van der Waals surface area contributed by atoms with E-state index < -0.39 is 22.7 Å². The van der Waals surface area contributed by atoms with Crippen molar-refractivity contribution in [1.82, 2.24) is 4.31 Å². The number of rotatable bonds is 5. The molecular formula is C12H17F3N2O2S. The Kier molecular flexibility index (Phi) is 5.04. The van der Waals surface area contributed by atoms with Gasteiger partial charge in [0.1, 0.15) is 6.54 Å². The minimum absolute atomic E-state index is 0.224. The smallest absolute Gasteiger partial charge is 0.398 e. The fourth-order valence-corrected chi connectivity index (χ4v) is 3.24. The second kappa shape index (κ2) is 6.01. The number of alkyl halides is 3. The van der Waals surface area contributed by atoms with Crippen molar-refractivity contribution in [3.63, 3.8) is 0 Å². The Balaban J connectivity index is 3.17. The highest BCUT2D eigenvalue weighted by molar-refractivity contribution is 7.89. The number of halogens is 3. The van der Waals surface area contributed by atoms with Gasteiger partial charge in [0.05, 0.1) is 4.90 Å². The Morgan fingerprint density at radius 3 is 2.25 bits per heavy atom. The van der Waals surface area contributed by atoms with Gasteiger partial charge in [0.25, 0.3) is 0 Å². The Hall–Kier alpha value is -1.28. The molecule has 0 fully saturated rings. The van der Waals surface area contributed by atoms with Crippen LogP contribution in [0.5, 0.6) is 0 Å². The normalized spacial score (nSPS) is 12.9. The SMILES string of the molecule is CCc1ccc(S(=O)(=O)N(CC)CC(F)(F)F)cc1N. The van der Waals surface area contributed by atoms with E-state index in [2.05, 4.69) is 0 Å². The van der Waals surface area contributed by atoms with Crippen molar-refractivity contribution in [1.29, 1.82) is 0 Å². The zero-order valence-corrected chi connectivity index (χ0v) is 12.1. The van der Waals surface area contributed by atoms with Crippen LogP contribution in [0, 0.1) is 0 Å². The van der Waals surface area contributed by atoms with Crippen LogP contribution in [0.2, 0.25) is 0 Å². The topological polar surface area (TPSA) is 63.4 Å². The number of benzene rings is 1. The summed E-state index contributed by atoms with van der Waals surface area (Å²) in [4.78, 5) is -0.224. The Morgan fingerprint density at radius 2 is 1.85 bits per heavy atom. The first kappa shape index (κ1) is 16.8. The summed E-state index contributed by atoms with van der Waals surface area (Å²) in [6, 6.07) is 4.00. The lowest BCUT2D eigenvalue weighted by Gasteiger charge is -2.22. The first-order valence-electron chi connectivity index (χ1n) is 6.07. The number of aryl methyl sites for hydroxylation is 1. The molecule has 1 aromatic rings. The van der Waals surface area contributed by atoms with E-state index in [1.807, 2.05) is 6.92 Å². The summed E-state index contributed by atoms with van der Waals surface area (Å²) in [5.41, 5.74) is 6.71. The van der Waals surface area contributed by atoms with Crippen LogP contribution in [0.25, 0.3) is 0 Å². The van der Waals surface area contributed by atoms with E-state index in [9.17, 15) is 21.6 Å². The van der Waals surface area contributed by atoms with Crippen molar-refractivity contribution in [2.45, 2.75) is 31.3 Å². The zero-order valence-electron chi connectivity index (χ0n) is 11.2. The molecule has 1 aromatic carbocycles. The maximum absolute atomic E-state index is 12.4. The summed E-state index contributed by atoms with van der Waals surface area (Å²) in [6.07, 6.45) is -3.97. The van der Waals surface area contributed by atoms with Crippen LogP contribution in [0.1, 0.15) is 19.4 Å². The van der Waals surface area contributed by atoms with Gasteiger partial charge in [-0.15, -0.1) is 0 Å². The van der Waals surface area contributed by atoms with Crippen molar-refractivity contribution in [3.05, 3.63) is 23.8 Å². The van der Waals surface area contributed by atoms with Crippen molar-refractivity contribution >= 4 is 15.7 Å². The third-order valence-electron chi connectivity index (χ3n) is 2.84. The minimum atomic E-state index is -4.59. The van der Waals surface area contributed by atoms with Crippen molar-refractivity contribution < 1.29 is 21.6 Å².